The molecule has 0 radical (unpaired) electrons. The first kappa shape index (κ1) is 61.9. The smallest absolute Gasteiger partial charge is 0.407 e. The third-order valence-corrected chi connectivity index (χ3v) is 11.3. The van der Waals surface area contributed by atoms with Crippen molar-refractivity contribution in [3.8, 4) is 17.5 Å². The second kappa shape index (κ2) is 34.9. The number of carboxylic acids is 1. The molecule has 0 aliphatic rings. The molecule has 22 heteroatoms. The lowest BCUT2D eigenvalue weighted by Gasteiger charge is -2.21. The molecule has 3 aromatic rings. The first-order chi connectivity index (χ1) is 35.4. The number of aromatic hydroxyl groups is 2. The van der Waals surface area contributed by atoms with Crippen LogP contribution in [0.15, 0.2) is 66.7 Å². The van der Waals surface area contributed by atoms with Crippen molar-refractivity contribution in [1.82, 2.24) is 20.7 Å². The number of nitrogens with zero attached hydrogens (tertiary/aromatic N) is 1. The highest BCUT2D eigenvalue weighted by molar-refractivity contribution is 6.32. The number of methoxy groups -OCH3 is 1. The molecule has 0 saturated carbocycles. The molecule has 0 aliphatic heterocycles. The Hall–Kier alpha value is -6.39. The maximum absolute atomic E-state index is 13.4. The van der Waals surface area contributed by atoms with Gasteiger partial charge >= 0.3 is 24.0 Å². The van der Waals surface area contributed by atoms with Gasteiger partial charge in [0.1, 0.15) is 18.4 Å². The van der Waals surface area contributed by atoms with E-state index in [1.54, 1.807) is 24.3 Å². The number of carbonyl (C=O) groups is 6. The second-order valence-corrected chi connectivity index (χ2v) is 18.1. The third-order valence-electron chi connectivity index (χ3n) is 11.0. The van der Waals surface area contributed by atoms with Gasteiger partial charge in [-0.3, -0.25) is 14.4 Å². The van der Waals surface area contributed by atoms with Crippen molar-refractivity contribution < 1.29 is 82.1 Å². The van der Waals surface area contributed by atoms with Gasteiger partial charge in [-0.25, -0.2) is 14.4 Å². The number of allylic oxidation sites excluding steroid dienone is 1. The van der Waals surface area contributed by atoms with E-state index >= 15 is 0 Å². The SMILES string of the molecule is COc1ccc(CC(NC(=O)C=CCCC(C)CCc2ccc(COC(=O)NCCOCCOCCOCCOCCC(=O)On3c(O)ccc3O)cc2)C(=O)NCC(C)C(=O)OC(CC(C)C)C(=O)O)cc1Cl. The summed E-state index contributed by atoms with van der Waals surface area (Å²) >= 11 is 6.33. The topological polar surface area (TPSA) is 278 Å². The standard InChI is InChI=1S/C52H73ClN4O17/c1-35(2)30-44(50(63)64)73-51(65)37(4)33-55-49(62)42(32-40-16-17-43(67-5)41(53)31-40)56-45(58)9-7-6-8-36(3)10-11-38-12-14-39(15-13-38)34-72-52(66)54-21-23-69-25-27-71-29-28-70-26-24-68-22-20-48(61)74-57-46(59)18-19-47(57)60/h7,9,12-19,31,35-37,42,44,59-60H,6,8,10-11,20-30,32-34H2,1-5H3,(H,54,66)(H,55,62)(H,56,58)(H,63,64). The number of amides is 3. The Kier molecular flexibility index (Phi) is 29.2. The number of carboxylic acid groups (broad SMARTS) is 1. The number of hydrogen-bond donors (Lipinski definition) is 6. The molecule has 0 bridgehead atoms. The zero-order chi connectivity index (χ0) is 54.3. The summed E-state index contributed by atoms with van der Waals surface area (Å²) in [5, 5.41) is 36.9. The summed E-state index contributed by atoms with van der Waals surface area (Å²) in [4.78, 5) is 79.5. The van der Waals surface area contributed by atoms with Crippen LogP contribution in [0.3, 0.4) is 0 Å². The predicted octanol–water partition coefficient (Wildman–Crippen LogP) is 5.33. The van der Waals surface area contributed by atoms with E-state index in [9.17, 15) is 44.1 Å². The van der Waals surface area contributed by atoms with Crippen LogP contribution in [0.5, 0.6) is 17.5 Å². The fourth-order valence-electron chi connectivity index (χ4n) is 6.76. The van der Waals surface area contributed by atoms with Crippen molar-refractivity contribution in [2.75, 3.05) is 73.1 Å². The maximum atomic E-state index is 13.4. The number of esters is 1. The monoisotopic (exact) mass is 1060 g/mol. The zero-order valence-corrected chi connectivity index (χ0v) is 43.6. The van der Waals surface area contributed by atoms with Crippen LogP contribution in [0.1, 0.15) is 76.5 Å². The van der Waals surface area contributed by atoms with Crippen LogP contribution in [0.2, 0.25) is 5.02 Å². The highest BCUT2D eigenvalue weighted by Crippen LogP contribution is 2.26. The Bertz CT molecular complexity index is 2200. The molecule has 3 amide bonds. The average Bonchev–Trinajstić information content (AvgIpc) is 3.68. The van der Waals surface area contributed by atoms with Gasteiger partial charge in [0.2, 0.25) is 23.6 Å². The number of hydrogen-bond acceptors (Lipinski definition) is 16. The van der Waals surface area contributed by atoms with Crippen molar-refractivity contribution in [2.45, 2.75) is 91.4 Å². The van der Waals surface area contributed by atoms with E-state index in [2.05, 4.69) is 22.9 Å². The summed E-state index contributed by atoms with van der Waals surface area (Å²) in [5.74, 6) is -4.59. The van der Waals surface area contributed by atoms with Crippen LogP contribution >= 0.6 is 11.6 Å². The van der Waals surface area contributed by atoms with Crippen molar-refractivity contribution in [1.29, 1.82) is 0 Å². The summed E-state index contributed by atoms with van der Waals surface area (Å²) in [6, 6.07) is 14.2. The molecule has 0 spiro atoms. The second-order valence-electron chi connectivity index (χ2n) is 17.7. The number of aliphatic carboxylic acids is 1. The summed E-state index contributed by atoms with van der Waals surface area (Å²) < 4.78 is 38.0. The number of halogens is 1. The lowest BCUT2D eigenvalue weighted by Crippen LogP contribution is -2.49. The van der Waals surface area contributed by atoms with Crippen LogP contribution < -0.4 is 25.5 Å². The number of rotatable bonds is 37. The Balaban J connectivity index is 1.25. The fourth-order valence-corrected chi connectivity index (χ4v) is 7.04. The molecule has 1 aromatic heterocycles. The van der Waals surface area contributed by atoms with Crippen molar-refractivity contribution >= 4 is 47.4 Å². The molecule has 6 N–H and O–H groups in total. The molecular weight excluding hydrogens is 988 g/mol. The molecule has 3 rings (SSSR count). The first-order valence-electron chi connectivity index (χ1n) is 24.6. The highest BCUT2D eigenvalue weighted by Gasteiger charge is 2.28. The predicted molar refractivity (Wildman–Crippen MR) is 271 cm³/mol. The first-order valence-corrected chi connectivity index (χ1v) is 24.9. The van der Waals surface area contributed by atoms with Crippen LogP contribution in [0.25, 0.3) is 0 Å². The van der Waals surface area contributed by atoms with Crippen LogP contribution in [0, 0.1) is 17.8 Å². The van der Waals surface area contributed by atoms with Gasteiger partial charge in [0, 0.05) is 31.6 Å². The van der Waals surface area contributed by atoms with E-state index in [1.165, 1.54) is 32.2 Å². The summed E-state index contributed by atoms with van der Waals surface area (Å²) in [6.45, 7) is 9.78. The van der Waals surface area contributed by atoms with E-state index in [0.29, 0.717) is 66.4 Å². The minimum atomic E-state index is -1.30. The van der Waals surface area contributed by atoms with Crippen LogP contribution in [0.4, 0.5) is 4.79 Å². The Morgan fingerprint density at radius 3 is 1.97 bits per heavy atom. The fraction of sp³-hybridized carbons (Fsp3) is 0.538. The van der Waals surface area contributed by atoms with Crippen LogP contribution in [-0.4, -0.2) is 141 Å². The van der Waals surface area contributed by atoms with E-state index in [1.807, 2.05) is 38.1 Å². The normalized spacial score (nSPS) is 12.9. The number of aryl methyl sites for hydroxylation is 1. The van der Waals surface area contributed by atoms with Crippen molar-refractivity contribution in [2.24, 2.45) is 17.8 Å². The number of benzene rings is 2. The molecule has 0 fully saturated rings. The molecule has 0 saturated heterocycles. The molecule has 2 aromatic carbocycles. The number of ether oxygens (including phenoxy) is 7. The molecule has 21 nitrogen and oxygen atoms in total. The van der Waals surface area contributed by atoms with Crippen LogP contribution in [-0.2, 0) is 71.8 Å². The lowest BCUT2D eigenvalue weighted by molar-refractivity contribution is -0.167. The molecular formula is C52H73ClN4O17. The third kappa shape index (κ3) is 25.5. The van der Waals surface area contributed by atoms with E-state index in [0.717, 1.165) is 30.4 Å². The van der Waals surface area contributed by atoms with Gasteiger partial charge in [-0.05, 0) is 78.8 Å². The van der Waals surface area contributed by atoms with Gasteiger partial charge in [-0.15, -0.1) is 4.73 Å². The van der Waals surface area contributed by atoms with Crippen molar-refractivity contribution in [3.05, 3.63) is 88.5 Å². The van der Waals surface area contributed by atoms with Crippen molar-refractivity contribution in [3.63, 3.8) is 0 Å². The number of nitrogens with one attached hydrogen (secondary N) is 3. The molecule has 74 heavy (non-hydrogen) atoms. The zero-order valence-electron chi connectivity index (χ0n) is 42.8. The Morgan fingerprint density at radius 2 is 1.36 bits per heavy atom. The van der Waals surface area contributed by atoms with Gasteiger partial charge in [-0.1, -0.05) is 75.7 Å². The van der Waals surface area contributed by atoms with E-state index in [-0.39, 0.29) is 64.7 Å². The minimum absolute atomic E-state index is 0.0165. The molecule has 4 atom stereocenters. The maximum Gasteiger partial charge on any atom is 0.407 e. The largest absolute Gasteiger partial charge is 0.495 e. The summed E-state index contributed by atoms with van der Waals surface area (Å²) in [6.07, 6.45) is 4.66. The average molecular weight is 1060 g/mol. The molecule has 4 unspecified atom stereocenters. The molecule has 1 heterocycles. The summed E-state index contributed by atoms with van der Waals surface area (Å²) in [7, 11) is 1.48. The van der Waals surface area contributed by atoms with E-state index in [4.69, 9.17) is 49.6 Å². The quantitative estimate of drug-likeness (QED) is 0.0242. The number of aromatic nitrogens is 1. The molecule has 0 aliphatic carbocycles. The van der Waals surface area contributed by atoms with Gasteiger partial charge in [0.25, 0.3) is 0 Å². The Labute approximate surface area is 437 Å². The summed E-state index contributed by atoms with van der Waals surface area (Å²) in [5.41, 5.74) is 2.64. The van der Waals surface area contributed by atoms with Gasteiger partial charge in [0.05, 0.1) is 77.3 Å². The highest BCUT2D eigenvalue weighted by atomic mass is 35.5. The number of alkyl carbamates (subject to hydrolysis) is 1. The Morgan fingerprint density at radius 1 is 0.757 bits per heavy atom. The van der Waals surface area contributed by atoms with E-state index < -0.39 is 65.6 Å². The lowest BCUT2D eigenvalue weighted by atomic mass is 9.96. The van der Waals surface area contributed by atoms with Gasteiger partial charge in [-0.2, -0.15) is 0 Å². The molecule has 410 valence electrons. The van der Waals surface area contributed by atoms with Gasteiger partial charge < -0.3 is 69.3 Å². The number of carbonyl (C=O) groups excluding carboxylic acids is 5. The minimum Gasteiger partial charge on any atom is -0.495 e. The van der Waals surface area contributed by atoms with Gasteiger partial charge in [0.15, 0.2) is 6.10 Å².